The van der Waals surface area contributed by atoms with E-state index in [2.05, 4.69) is 45.0 Å². The molecule has 2 aromatic carbocycles. The zero-order valence-corrected chi connectivity index (χ0v) is 14.4. The van der Waals surface area contributed by atoms with Crippen molar-refractivity contribution in [2.75, 3.05) is 13.7 Å². The Bertz CT molecular complexity index is 644. The average Bonchev–Trinajstić information content (AvgIpc) is 2.52. The van der Waals surface area contributed by atoms with Crippen LogP contribution in [0.5, 0.6) is 5.75 Å². The smallest absolute Gasteiger partial charge is 0.123 e. The summed E-state index contributed by atoms with van der Waals surface area (Å²) >= 11 is 0. The van der Waals surface area contributed by atoms with Crippen molar-refractivity contribution >= 4 is 0 Å². The van der Waals surface area contributed by atoms with E-state index in [-0.39, 0.29) is 17.2 Å². The summed E-state index contributed by atoms with van der Waals surface area (Å²) in [6, 6.07) is 13.2. The van der Waals surface area contributed by atoms with Crippen LogP contribution in [0.3, 0.4) is 0 Å². The second-order valence-corrected chi connectivity index (χ2v) is 6.96. The van der Waals surface area contributed by atoms with Gasteiger partial charge in [0.15, 0.2) is 0 Å². The summed E-state index contributed by atoms with van der Waals surface area (Å²) in [6.45, 7) is 7.09. The SMILES string of the molecule is COc1ccc(F)cc1CC(CN)c1ccc(C(C)(C)C)cc1. The Labute approximate surface area is 138 Å². The van der Waals surface area contributed by atoms with Crippen LogP contribution in [0.25, 0.3) is 0 Å². The molecule has 3 heteroatoms. The summed E-state index contributed by atoms with van der Waals surface area (Å²) < 4.78 is 18.9. The molecule has 23 heavy (non-hydrogen) atoms. The summed E-state index contributed by atoms with van der Waals surface area (Å²) in [7, 11) is 1.60. The molecule has 0 heterocycles. The van der Waals surface area contributed by atoms with E-state index >= 15 is 0 Å². The lowest BCUT2D eigenvalue weighted by atomic mass is 9.84. The van der Waals surface area contributed by atoms with E-state index in [0.29, 0.717) is 18.7 Å². The molecular weight excluding hydrogens is 289 g/mol. The number of methoxy groups -OCH3 is 1. The summed E-state index contributed by atoms with van der Waals surface area (Å²) in [5.74, 6) is 0.593. The lowest BCUT2D eigenvalue weighted by molar-refractivity contribution is 0.406. The molecule has 0 saturated heterocycles. The number of benzene rings is 2. The Morgan fingerprint density at radius 2 is 1.74 bits per heavy atom. The third-order valence-corrected chi connectivity index (χ3v) is 4.24. The van der Waals surface area contributed by atoms with Crippen molar-refractivity contribution in [3.8, 4) is 5.75 Å². The number of hydrogen-bond donors (Lipinski definition) is 1. The normalized spacial score (nSPS) is 13.0. The van der Waals surface area contributed by atoms with Crippen molar-refractivity contribution in [2.24, 2.45) is 5.73 Å². The minimum Gasteiger partial charge on any atom is -0.496 e. The summed E-state index contributed by atoms with van der Waals surface area (Å²) in [4.78, 5) is 0. The van der Waals surface area contributed by atoms with Crippen molar-refractivity contribution in [3.05, 3.63) is 65.0 Å². The highest BCUT2D eigenvalue weighted by atomic mass is 19.1. The molecule has 2 nitrogen and oxygen atoms in total. The molecule has 0 aliphatic heterocycles. The molecule has 0 radical (unpaired) electrons. The Kier molecular flexibility index (Phi) is 5.42. The fourth-order valence-electron chi connectivity index (χ4n) is 2.76. The standard InChI is InChI=1S/C20H26FNO/c1-20(2,3)17-7-5-14(6-8-17)16(13-22)11-15-12-18(21)9-10-19(15)23-4/h5-10,12,16H,11,13,22H2,1-4H3. The van der Waals surface area contributed by atoms with Crippen LogP contribution in [0.1, 0.15) is 43.4 Å². The third kappa shape index (κ3) is 4.32. The molecule has 0 spiro atoms. The van der Waals surface area contributed by atoms with Crippen LogP contribution in [0.15, 0.2) is 42.5 Å². The van der Waals surface area contributed by atoms with Gasteiger partial charge in [-0.05, 0) is 53.3 Å². The lowest BCUT2D eigenvalue weighted by Crippen LogP contribution is -2.16. The van der Waals surface area contributed by atoms with Gasteiger partial charge in [-0.3, -0.25) is 0 Å². The minimum absolute atomic E-state index is 0.128. The van der Waals surface area contributed by atoms with Gasteiger partial charge in [-0.2, -0.15) is 0 Å². The first-order valence-corrected chi connectivity index (χ1v) is 7.98. The third-order valence-electron chi connectivity index (χ3n) is 4.24. The zero-order chi connectivity index (χ0) is 17.0. The van der Waals surface area contributed by atoms with Gasteiger partial charge in [0.25, 0.3) is 0 Å². The minimum atomic E-state index is -0.250. The molecule has 0 amide bonds. The van der Waals surface area contributed by atoms with Gasteiger partial charge in [0, 0.05) is 5.92 Å². The first-order valence-electron chi connectivity index (χ1n) is 7.98. The van der Waals surface area contributed by atoms with Crippen LogP contribution in [0.4, 0.5) is 4.39 Å². The second kappa shape index (κ2) is 7.14. The predicted octanol–water partition coefficient (Wildman–Crippen LogP) is 4.42. The molecule has 124 valence electrons. The van der Waals surface area contributed by atoms with Crippen LogP contribution in [-0.2, 0) is 11.8 Å². The number of nitrogens with two attached hydrogens (primary N) is 1. The van der Waals surface area contributed by atoms with Crippen LogP contribution in [0, 0.1) is 5.82 Å². The predicted molar refractivity (Wildman–Crippen MR) is 93.6 cm³/mol. The Morgan fingerprint density at radius 1 is 1.09 bits per heavy atom. The molecule has 0 fully saturated rings. The number of hydrogen-bond acceptors (Lipinski definition) is 2. The Morgan fingerprint density at radius 3 is 2.26 bits per heavy atom. The molecule has 1 unspecified atom stereocenters. The highest BCUT2D eigenvalue weighted by Crippen LogP contribution is 2.29. The largest absolute Gasteiger partial charge is 0.496 e. The first kappa shape index (κ1) is 17.5. The Balaban J connectivity index is 2.25. The van der Waals surface area contributed by atoms with E-state index < -0.39 is 0 Å². The molecule has 2 N–H and O–H groups in total. The fourth-order valence-corrected chi connectivity index (χ4v) is 2.76. The molecule has 0 aliphatic rings. The molecule has 1 atom stereocenters. The van der Waals surface area contributed by atoms with Crippen LogP contribution >= 0.6 is 0 Å². The second-order valence-electron chi connectivity index (χ2n) is 6.96. The van der Waals surface area contributed by atoms with E-state index in [9.17, 15) is 4.39 Å². The van der Waals surface area contributed by atoms with Gasteiger partial charge >= 0.3 is 0 Å². The van der Waals surface area contributed by atoms with Crippen molar-refractivity contribution in [3.63, 3.8) is 0 Å². The van der Waals surface area contributed by atoms with Crippen LogP contribution in [-0.4, -0.2) is 13.7 Å². The van der Waals surface area contributed by atoms with Gasteiger partial charge in [0.05, 0.1) is 7.11 Å². The van der Waals surface area contributed by atoms with Gasteiger partial charge in [-0.1, -0.05) is 45.0 Å². The topological polar surface area (TPSA) is 35.2 Å². The quantitative estimate of drug-likeness (QED) is 0.886. The zero-order valence-electron chi connectivity index (χ0n) is 14.4. The van der Waals surface area contributed by atoms with E-state index in [1.165, 1.54) is 23.3 Å². The molecule has 2 aromatic rings. The number of ether oxygens (including phenoxy) is 1. The summed E-state index contributed by atoms with van der Waals surface area (Å²) in [5.41, 5.74) is 9.41. The fraction of sp³-hybridized carbons (Fsp3) is 0.400. The van der Waals surface area contributed by atoms with Gasteiger partial charge in [-0.15, -0.1) is 0 Å². The average molecular weight is 315 g/mol. The lowest BCUT2D eigenvalue weighted by Gasteiger charge is -2.21. The highest BCUT2D eigenvalue weighted by molar-refractivity contribution is 5.37. The monoisotopic (exact) mass is 315 g/mol. The molecule has 0 saturated carbocycles. The van der Waals surface area contributed by atoms with E-state index in [4.69, 9.17) is 10.5 Å². The summed E-state index contributed by atoms with van der Waals surface area (Å²) in [6.07, 6.45) is 0.659. The van der Waals surface area contributed by atoms with Crippen LogP contribution < -0.4 is 10.5 Å². The number of rotatable bonds is 5. The first-order chi connectivity index (χ1) is 10.8. The van der Waals surface area contributed by atoms with E-state index in [1.807, 2.05) is 0 Å². The van der Waals surface area contributed by atoms with Crippen LogP contribution in [0.2, 0.25) is 0 Å². The van der Waals surface area contributed by atoms with Gasteiger partial charge < -0.3 is 10.5 Å². The molecule has 0 aliphatic carbocycles. The maximum atomic E-state index is 13.5. The summed E-state index contributed by atoms with van der Waals surface area (Å²) in [5, 5.41) is 0. The van der Waals surface area contributed by atoms with Gasteiger partial charge in [0.1, 0.15) is 11.6 Å². The van der Waals surface area contributed by atoms with E-state index in [0.717, 1.165) is 5.56 Å². The van der Waals surface area contributed by atoms with Crippen molar-refractivity contribution in [1.82, 2.24) is 0 Å². The van der Waals surface area contributed by atoms with Crippen molar-refractivity contribution in [1.29, 1.82) is 0 Å². The van der Waals surface area contributed by atoms with E-state index in [1.54, 1.807) is 13.2 Å². The van der Waals surface area contributed by atoms with Crippen molar-refractivity contribution in [2.45, 2.75) is 38.5 Å². The molecule has 2 rings (SSSR count). The Hall–Kier alpha value is -1.87. The van der Waals surface area contributed by atoms with Gasteiger partial charge in [0.2, 0.25) is 0 Å². The maximum absolute atomic E-state index is 13.5. The number of halogens is 1. The molecule has 0 bridgehead atoms. The van der Waals surface area contributed by atoms with Crippen molar-refractivity contribution < 1.29 is 9.13 Å². The molecule has 0 aromatic heterocycles. The van der Waals surface area contributed by atoms with Gasteiger partial charge in [-0.25, -0.2) is 4.39 Å². The maximum Gasteiger partial charge on any atom is 0.123 e. The molecular formula is C20H26FNO. The highest BCUT2D eigenvalue weighted by Gasteiger charge is 2.17.